The summed E-state index contributed by atoms with van der Waals surface area (Å²) in [6.45, 7) is 1.78. The van der Waals surface area contributed by atoms with Crippen molar-refractivity contribution in [2.45, 2.75) is 19.5 Å². The van der Waals surface area contributed by atoms with E-state index in [0.717, 1.165) is 5.56 Å². The topological polar surface area (TPSA) is 85.3 Å². The van der Waals surface area contributed by atoms with Crippen molar-refractivity contribution in [3.8, 4) is 5.75 Å². The van der Waals surface area contributed by atoms with Crippen LogP contribution in [-0.4, -0.2) is 28.2 Å². The molecule has 150 valence electrons. The van der Waals surface area contributed by atoms with Crippen molar-refractivity contribution in [2.24, 2.45) is 0 Å². The Labute approximate surface area is 167 Å². The second kappa shape index (κ2) is 9.50. The lowest BCUT2D eigenvalue weighted by atomic mass is 10.1. The van der Waals surface area contributed by atoms with Crippen LogP contribution in [0.3, 0.4) is 0 Å². The maximum absolute atomic E-state index is 13.0. The Bertz CT molecular complexity index is 941. The van der Waals surface area contributed by atoms with E-state index in [2.05, 4.69) is 15.7 Å². The summed E-state index contributed by atoms with van der Waals surface area (Å²) in [6, 6.07) is 14.1. The van der Waals surface area contributed by atoms with Gasteiger partial charge in [0.2, 0.25) is 5.91 Å². The van der Waals surface area contributed by atoms with E-state index >= 15 is 0 Å². The van der Waals surface area contributed by atoms with Crippen LogP contribution in [0.1, 0.15) is 18.5 Å². The third kappa shape index (κ3) is 6.17. The summed E-state index contributed by atoms with van der Waals surface area (Å²) in [5.74, 6) is -0.314. The van der Waals surface area contributed by atoms with Gasteiger partial charge in [-0.1, -0.05) is 12.1 Å². The zero-order chi connectivity index (χ0) is 20.6. The molecule has 1 aromatic heterocycles. The van der Waals surface area contributed by atoms with Crippen LogP contribution < -0.4 is 15.4 Å². The van der Waals surface area contributed by atoms with Gasteiger partial charge in [-0.3, -0.25) is 14.3 Å². The van der Waals surface area contributed by atoms with Crippen LogP contribution in [0.2, 0.25) is 0 Å². The molecule has 2 N–H and O–H groups in total. The molecule has 1 atom stereocenters. The average Bonchev–Trinajstić information content (AvgIpc) is 3.20. The highest BCUT2D eigenvalue weighted by Crippen LogP contribution is 2.16. The second-order valence-electron chi connectivity index (χ2n) is 6.41. The van der Waals surface area contributed by atoms with Gasteiger partial charge in [0.25, 0.3) is 5.91 Å². The summed E-state index contributed by atoms with van der Waals surface area (Å²) >= 11 is 0. The molecule has 3 rings (SSSR count). The molecule has 0 saturated carbocycles. The van der Waals surface area contributed by atoms with Gasteiger partial charge in [-0.15, -0.1) is 0 Å². The van der Waals surface area contributed by atoms with Crippen molar-refractivity contribution < 1.29 is 18.7 Å². The van der Waals surface area contributed by atoms with E-state index in [4.69, 9.17) is 4.74 Å². The van der Waals surface area contributed by atoms with Gasteiger partial charge >= 0.3 is 0 Å². The molecule has 8 heteroatoms. The van der Waals surface area contributed by atoms with Crippen molar-refractivity contribution in [2.75, 3.05) is 11.9 Å². The number of ether oxygens (including phenoxy) is 1. The number of hydrogen-bond donors (Lipinski definition) is 2. The predicted molar refractivity (Wildman–Crippen MR) is 106 cm³/mol. The summed E-state index contributed by atoms with van der Waals surface area (Å²) < 4.78 is 20.0. The van der Waals surface area contributed by atoms with E-state index in [1.165, 1.54) is 16.8 Å². The normalized spacial score (nSPS) is 11.5. The lowest BCUT2D eigenvalue weighted by Crippen LogP contribution is -2.31. The maximum atomic E-state index is 13.0. The smallest absolute Gasteiger partial charge is 0.258 e. The minimum absolute atomic E-state index is 0.123. The number of anilines is 1. The van der Waals surface area contributed by atoms with Gasteiger partial charge in [0.05, 0.1) is 6.04 Å². The summed E-state index contributed by atoms with van der Waals surface area (Å²) in [5, 5.41) is 9.53. The van der Waals surface area contributed by atoms with Crippen molar-refractivity contribution >= 4 is 17.5 Å². The number of benzene rings is 2. The molecule has 7 nitrogen and oxygen atoms in total. The quantitative estimate of drug-likeness (QED) is 0.613. The number of carbonyl (C=O) groups is 2. The van der Waals surface area contributed by atoms with E-state index in [1.54, 1.807) is 54.9 Å². The monoisotopic (exact) mass is 396 g/mol. The largest absolute Gasteiger partial charge is 0.484 e. The molecule has 29 heavy (non-hydrogen) atoms. The highest BCUT2D eigenvalue weighted by atomic mass is 19.1. The van der Waals surface area contributed by atoms with E-state index < -0.39 is 0 Å². The van der Waals surface area contributed by atoms with Crippen molar-refractivity contribution in [1.82, 2.24) is 15.1 Å². The highest BCUT2D eigenvalue weighted by molar-refractivity contribution is 5.90. The lowest BCUT2D eigenvalue weighted by molar-refractivity contribution is -0.123. The van der Waals surface area contributed by atoms with Crippen LogP contribution in [0.5, 0.6) is 5.75 Å². The van der Waals surface area contributed by atoms with Crippen LogP contribution in [0.25, 0.3) is 0 Å². The van der Waals surface area contributed by atoms with E-state index in [0.29, 0.717) is 11.4 Å². The first kappa shape index (κ1) is 20.1. The number of nitrogens with one attached hydrogen (secondary N) is 2. The summed E-state index contributed by atoms with van der Waals surface area (Å²) in [7, 11) is 0. The molecular weight excluding hydrogens is 375 g/mol. The molecule has 0 fully saturated rings. The second-order valence-corrected chi connectivity index (χ2v) is 6.41. The maximum Gasteiger partial charge on any atom is 0.258 e. The summed E-state index contributed by atoms with van der Waals surface area (Å²) in [4.78, 5) is 24.0. The Morgan fingerprint density at radius 3 is 2.48 bits per heavy atom. The van der Waals surface area contributed by atoms with Crippen molar-refractivity contribution in [1.29, 1.82) is 0 Å². The lowest BCUT2D eigenvalue weighted by Gasteiger charge is -2.15. The zero-order valence-electron chi connectivity index (χ0n) is 15.8. The van der Waals surface area contributed by atoms with Gasteiger partial charge in [0.15, 0.2) is 6.61 Å². The van der Waals surface area contributed by atoms with Crippen LogP contribution in [0.4, 0.5) is 10.1 Å². The Hall–Kier alpha value is -3.68. The molecule has 0 aliphatic rings. The molecule has 1 heterocycles. The molecule has 0 unspecified atom stereocenters. The number of amides is 2. The Balaban J connectivity index is 1.43. The number of aromatic nitrogens is 2. The first-order chi connectivity index (χ1) is 14.0. The van der Waals surface area contributed by atoms with E-state index in [9.17, 15) is 14.0 Å². The number of rotatable bonds is 8. The van der Waals surface area contributed by atoms with E-state index in [-0.39, 0.29) is 36.8 Å². The SMILES string of the molecule is C[C@H](NC(=O)COc1ccc(NC(=O)Cn2cccn2)cc1)c1ccc(F)cc1. The molecule has 2 aromatic carbocycles. The fraction of sp³-hybridized carbons (Fsp3) is 0.190. The Morgan fingerprint density at radius 2 is 1.83 bits per heavy atom. The molecule has 0 saturated heterocycles. The molecule has 2 amide bonds. The van der Waals surface area contributed by atoms with Crippen molar-refractivity contribution in [3.63, 3.8) is 0 Å². The zero-order valence-corrected chi connectivity index (χ0v) is 15.8. The molecule has 0 aliphatic heterocycles. The van der Waals surface area contributed by atoms with E-state index in [1.807, 2.05) is 6.92 Å². The fourth-order valence-electron chi connectivity index (χ4n) is 2.64. The molecule has 0 aliphatic carbocycles. The standard InChI is InChI=1S/C21H21FN4O3/c1-15(16-3-5-17(22)6-4-16)24-21(28)14-29-19-9-7-18(8-10-19)25-20(27)13-26-12-2-11-23-26/h2-12,15H,13-14H2,1H3,(H,24,28)(H,25,27)/t15-/m0/s1. The van der Waals surface area contributed by atoms with Crippen LogP contribution in [0, 0.1) is 5.82 Å². The molecule has 0 spiro atoms. The number of halogens is 1. The number of nitrogens with zero attached hydrogens (tertiary/aromatic N) is 2. The fourth-order valence-corrected chi connectivity index (χ4v) is 2.64. The van der Waals surface area contributed by atoms with Crippen LogP contribution >= 0.6 is 0 Å². The Morgan fingerprint density at radius 1 is 1.10 bits per heavy atom. The predicted octanol–water partition coefficient (Wildman–Crippen LogP) is 2.92. The highest BCUT2D eigenvalue weighted by Gasteiger charge is 2.10. The van der Waals surface area contributed by atoms with Crippen LogP contribution in [-0.2, 0) is 16.1 Å². The molecule has 0 bridgehead atoms. The summed E-state index contributed by atoms with van der Waals surface area (Å²) in [5.41, 5.74) is 1.42. The van der Waals surface area contributed by atoms with Crippen LogP contribution in [0.15, 0.2) is 67.0 Å². The Kier molecular flexibility index (Phi) is 6.57. The van der Waals surface area contributed by atoms with Gasteiger partial charge < -0.3 is 15.4 Å². The van der Waals surface area contributed by atoms with Crippen molar-refractivity contribution in [3.05, 3.63) is 78.4 Å². The minimum atomic E-state index is -0.323. The first-order valence-corrected chi connectivity index (χ1v) is 9.04. The molecule has 0 radical (unpaired) electrons. The molecular formula is C21H21FN4O3. The van der Waals surface area contributed by atoms with Gasteiger partial charge in [0.1, 0.15) is 18.1 Å². The first-order valence-electron chi connectivity index (χ1n) is 9.04. The van der Waals surface area contributed by atoms with Gasteiger partial charge in [-0.05, 0) is 55.0 Å². The number of hydrogen-bond acceptors (Lipinski definition) is 4. The molecule has 3 aromatic rings. The van der Waals surface area contributed by atoms with Gasteiger partial charge in [-0.2, -0.15) is 5.10 Å². The third-order valence-corrected chi connectivity index (χ3v) is 4.12. The van der Waals surface area contributed by atoms with Gasteiger partial charge in [0, 0.05) is 18.1 Å². The third-order valence-electron chi connectivity index (χ3n) is 4.12. The average molecular weight is 396 g/mol. The minimum Gasteiger partial charge on any atom is -0.484 e. The van der Waals surface area contributed by atoms with Gasteiger partial charge in [-0.25, -0.2) is 4.39 Å². The summed E-state index contributed by atoms with van der Waals surface area (Å²) in [6.07, 6.45) is 3.31. The number of carbonyl (C=O) groups excluding carboxylic acids is 2.